The predicted molar refractivity (Wildman–Crippen MR) is 124 cm³/mol. The molecule has 9 nitrogen and oxygen atoms in total. The highest BCUT2D eigenvalue weighted by atomic mass is 15.5. The molecule has 0 spiro atoms. The molecule has 0 saturated heterocycles. The largest absolute Gasteiger partial charge is 0.348 e. The number of hydrogen-bond acceptors (Lipinski definition) is 7. The molecule has 2 N–H and O–H groups in total. The monoisotopic (exact) mass is 431 g/mol. The van der Waals surface area contributed by atoms with Crippen LogP contribution < -0.4 is 5.32 Å². The Labute approximate surface area is 187 Å². The molecule has 0 aliphatic carbocycles. The first-order valence-corrected chi connectivity index (χ1v) is 10.9. The first-order chi connectivity index (χ1) is 15.4. The molecule has 0 aliphatic heterocycles. The molecule has 0 unspecified atom stereocenters. The van der Waals surface area contributed by atoms with Gasteiger partial charge < -0.3 is 5.32 Å². The molecule has 4 rings (SSSR count). The molecule has 0 atom stereocenters. The van der Waals surface area contributed by atoms with Crippen LogP contribution in [0.1, 0.15) is 51.9 Å². The van der Waals surface area contributed by atoms with Gasteiger partial charge in [0, 0.05) is 35.8 Å². The van der Waals surface area contributed by atoms with Crippen LogP contribution in [0.4, 0.5) is 5.95 Å². The minimum absolute atomic E-state index is 0.0937. The Morgan fingerprint density at radius 2 is 1.88 bits per heavy atom. The number of pyridine rings is 1. The number of aromatic nitrogens is 8. The average molecular weight is 432 g/mol. The Morgan fingerprint density at radius 1 is 1.06 bits per heavy atom. The predicted octanol–water partition coefficient (Wildman–Crippen LogP) is 4.12. The second-order valence-corrected chi connectivity index (χ2v) is 8.81. The Kier molecular flexibility index (Phi) is 6.25. The topological polar surface area (TPSA) is 110 Å². The number of aromatic amines is 1. The average Bonchev–Trinajstić information content (AvgIpc) is 3.42. The van der Waals surface area contributed by atoms with E-state index in [1.807, 2.05) is 41.2 Å². The van der Waals surface area contributed by atoms with E-state index in [4.69, 9.17) is 9.97 Å². The third kappa shape index (κ3) is 5.16. The van der Waals surface area contributed by atoms with Crippen molar-refractivity contribution in [3.63, 3.8) is 0 Å². The normalized spacial score (nSPS) is 11.6. The highest BCUT2D eigenvalue weighted by Crippen LogP contribution is 2.28. The van der Waals surface area contributed by atoms with Crippen molar-refractivity contribution >= 4 is 5.95 Å². The van der Waals surface area contributed by atoms with Gasteiger partial charge in [0.05, 0.1) is 5.69 Å². The summed E-state index contributed by atoms with van der Waals surface area (Å²) in [6.07, 6.45) is 4.74. The van der Waals surface area contributed by atoms with Crippen LogP contribution in [0.5, 0.6) is 0 Å². The van der Waals surface area contributed by atoms with Gasteiger partial charge in [-0.05, 0) is 44.0 Å². The van der Waals surface area contributed by atoms with E-state index in [-0.39, 0.29) is 5.54 Å². The minimum atomic E-state index is -0.0937. The molecule has 0 saturated carbocycles. The molecule has 9 heteroatoms. The number of anilines is 1. The number of nitrogens with zero attached hydrogens (tertiary/aromatic N) is 7. The van der Waals surface area contributed by atoms with E-state index in [2.05, 4.69) is 64.8 Å². The second kappa shape index (κ2) is 9.25. The fraction of sp³-hybridized carbons (Fsp3) is 0.391. The van der Waals surface area contributed by atoms with Crippen LogP contribution in [-0.2, 0) is 13.0 Å². The second-order valence-electron chi connectivity index (χ2n) is 8.81. The molecular weight excluding hydrogens is 402 g/mol. The van der Waals surface area contributed by atoms with Gasteiger partial charge in [0.25, 0.3) is 0 Å². The molecule has 32 heavy (non-hydrogen) atoms. The van der Waals surface area contributed by atoms with Gasteiger partial charge >= 0.3 is 0 Å². The lowest BCUT2D eigenvalue weighted by Gasteiger charge is -2.18. The fourth-order valence-corrected chi connectivity index (χ4v) is 3.43. The molecule has 0 radical (unpaired) electrons. The summed E-state index contributed by atoms with van der Waals surface area (Å²) >= 11 is 0. The number of tetrazole rings is 1. The zero-order chi connectivity index (χ0) is 22.6. The molecule has 4 aromatic rings. The van der Waals surface area contributed by atoms with Gasteiger partial charge in [0.1, 0.15) is 5.82 Å². The summed E-state index contributed by atoms with van der Waals surface area (Å²) in [6.45, 7) is 9.35. The van der Waals surface area contributed by atoms with Gasteiger partial charge in [-0.3, -0.25) is 4.98 Å². The standard InChI is InChI=1S/C23H29N9/c1-5-6-13-32-20(25-22(29-32)26-23(2,3)4)14-16-11-12-19(24-15-16)17-9-7-8-10-18(17)21-27-30-31-28-21/h7-12,15H,5-6,13-14H2,1-4H3,(H,26,29)(H,27,28,30,31). The highest BCUT2D eigenvalue weighted by Gasteiger charge is 2.17. The number of unbranched alkanes of at least 4 members (excludes halogenated alkanes) is 1. The van der Waals surface area contributed by atoms with Crippen molar-refractivity contribution in [2.24, 2.45) is 0 Å². The SMILES string of the molecule is CCCCn1nc(NC(C)(C)C)nc1Cc1ccc(-c2ccccc2-c2nn[nH]n2)nc1. The third-order valence-corrected chi connectivity index (χ3v) is 4.93. The Bertz CT molecular complexity index is 1140. The molecule has 1 aromatic carbocycles. The van der Waals surface area contributed by atoms with Crippen LogP contribution in [0.15, 0.2) is 42.6 Å². The van der Waals surface area contributed by atoms with Crippen molar-refractivity contribution in [2.45, 2.75) is 59.0 Å². The first-order valence-electron chi connectivity index (χ1n) is 10.9. The zero-order valence-electron chi connectivity index (χ0n) is 19.0. The van der Waals surface area contributed by atoms with Crippen molar-refractivity contribution in [2.75, 3.05) is 5.32 Å². The van der Waals surface area contributed by atoms with Crippen molar-refractivity contribution in [3.05, 3.63) is 54.0 Å². The molecular formula is C23H29N9. The van der Waals surface area contributed by atoms with Crippen molar-refractivity contribution in [1.29, 1.82) is 0 Å². The zero-order valence-corrected chi connectivity index (χ0v) is 19.0. The molecule has 0 bridgehead atoms. The van der Waals surface area contributed by atoms with Crippen LogP contribution >= 0.6 is 0 Å². The van der Waals surface area contributed by atoms with Crippen molar-refractivity contribution < 1.29 is 0 Å². The first kappa shape index (κ1) is 21.6. The summed E-state index contributed by atoms with van der Waals surface area (Å²) in [5.74, 6) is 2.16. The number of aryl methyl sites for hydroxylation is 1. The van der Waals surface area contributed by atoms with Gasteiger partial charge in [0.15, 0.2) is 0 Å². The molecule has 3 heterocycles. The van der Waals surface area contributed by atoms with Gasteiger partial charge in [-0.25, -0.2) is 4.68 Å². The Morgan fingerprint density at radius 3 is 2.53 bits per heavy atom. The lowest BCUT2D eigenvalue weighted by Crippen LogP contribution is -2.26. The Hall–Kier alpha value is -3.62. The summed E-state index contributed by atoms with van der Waals surface area (Å²) in [5, 5.41) is 22.5. The van der Waals surface area contributed by atoms with Crippen LogP contribution in [0.25, 0.3) is 22.6 Å². The lowest BCUT2D eigenvalue weighted by atomic mass is 10.0. The third-order valence-electron chi connectivity index (χ3n) is 4.93. The van der Waals surface area contributed by atoms with Crippen molar-refractivity contribution in [1.82, 2.24) is 40.4 Å². The number of hydrogen-bond donors (Lipinski definition) is 2. The maximum atomic E-state index is 4.76. The van der Waals surface area contributed by atoms with Gasteiger partial charge in [-0.2, -0.15) is 10.2 Å². The molecule has 0 amide bonds. The van der Waals surface area contributed by atoms with Gasteiger partial charge in [-0.15, -0.1) is 15.3 Å². The van der Waals surface area contributed by atoms with Gasteiger partial charge in [0.2, 0.25) is 11.8 Å². The van der Waals surface area contributed by atoms with Crippen LogP contribution in [0.3, 0.4) is 0 Å². The number of H-pyrrole nitrogens is 1. The fourth-order valence-electron chi connectivity index (χ4n) is 3.43. The van der Waals surface area contributed by atoms with Crippen LogP contribution in [-0.4, -0.2) is 45.9 Å². The van der Waals surface area contributed by atoms with E-state index < -0.39 is 0 Å². The van der Waals surface area contributed by atoms with Crippen molar-refractivity contribution in [3.8, 4) is 22.6 Å². The quantitative estimate of drug-likeness (QED) is 0.432. The number of nitrogens with one attached hydrogen (secondary N) is 2. The summed E-state index contributed by atoms with van der Waals surface area (Å²) < 4.78 is 2.01. The van der Waals surface area contributed by atoms with Gasteiger partial charge in [-0.1, -0.05) is 43.7 Å². The maximum absolute atomic E-state index is 4.76. The summed E-state index contributed by atoms with van der Waals surface area (Å²) in [7, 11) is 0. The molecule has 3 aromatic heterocycles. The highest BCUT2D eigenvalue weighted by molar-refractivity contribution is 5.78. The van der Waals surface area contributed by atoms with E-state index in [1.54, 1.807) is 0 Å². The van der Waals surface area contributed by atoms with E-state index in [0.29, 0.717) is 18.2 Å². The minimum Gasteiger partial charge on any atom is -0.348 e. The smallest absolute Gasteiger partial charge is 0.242 e. The summed E-state index contributed by atoms with van der Waals surface area (Å²) in [5.41, 5.74) is 3.70. The molecule has 0 aliphatic rings. The number of rotatable bonds is 8. The van der Waals surface area contributed by atoms with E-state index >= 15 is 0 Å². The maximum Gasteiger partial charge on any atom is 0.242 e. The lowest BCUT2D eigenvalue weighted by molar-refractivity contribution is 0.547. The van der Waals surface area contributed by atoms with Crippen LogP contribution in [0.2, 0.25) is 0 Å². The van der Waals surface area contributed by atoms with E-state index in [0.717, 1.165) is 47.6 Å². The molecule has 0 fully saturated rings. The van der Waals surface area contributed by atoms with E-state index in [1.165, 1.54) is 0 Å². The van der Waals surface area contributed by atoms with Crippen LogP contribution in [0, 0.1) is 0 Å². The summed E-state index contributed by atoms with van der Waals surface area (Å²) in [4.78, 5) is 9.47. The Balaban J connectivity index is 1.57. The number of benzene rings is 1. The molecule has 166 valence electrons. The summed E-state index contributed by atoms with van der Waals surface area (Å²) in [6, 6.07) is 12.0. The van der Waals surface area contributed by atoms with E-state index in [9.17, 15) is 0 Å².